The van der Waals surface area contributed by atoms with Crippen LogP contribution in [0.3, 0.4) is 0 Å². The van der Waals surface area contributed by atoms with Crippen LogP contribution in [0.1, 0.15) is 35.9 Å². The Morgan fingerprint density at radius 3 is 2.75 bits per heavy atom. The van der Waals surface area contributed by atoms with Crippen LogP contribution < -0.4 is 0 Å². The summed E-state index contributed by atoms with van der Waals surface area (Å²) >= 11 is 1.59. The van der Waals surface area contributed by atoms with Gasteiger partial charge in [0.1, 0.15) is 0 Å². The number of carboxylic acids is 1. The summed E-state index contributed by atoms with van der Waals surface area (Å²) in [6, 6.07) is 6.80. The first kappa shape index (κ1) is 14.5. The van der Waals surface area contributed by atoms with Crippen molar-refractivity contribution in [3.63, 3.8) is 0 Å². The number of carboxylic acid groups (broad SMARTS) is 1. The summed E-state index contributed by atoms with van der Waals surface area (Å²) in [6.45, 7) is 2.96. The summed E-state index contributed by atoms with van der Waals surface area (Å²) in [4.78, 5) is 11.8. The average Bonchev–Trinajstić information content (AvgIpc) is 2.90. The molecule has 0 aliphatic carbocycles. The largest absolute Gasteiger partial charge is 0.478 e. The summed E-state index contributed by atoms with van der Waals surface area (Å²) < 4.78 is 1.82. The highest BCUT2D eigenvalue weighted by molar-refractivity contribution is 7.98. The van der Waals surface area contributed by atoms with E-state index in [1.807, 2.05) is 4.68 Å². The zero-order valence-corrected chi connectivity index (χ0v) is 12.0. The number of thioether (sulfide) groups is 1. The van der Waals surface area contributed by atoms with Crippen LogP contribution in [0.4, 0.5) is 0 Å². The van der Waals surface area contributed by atoms with Crippen molar-refractivity contribution in [2.75, 3.05) is 0 Å². The van der Waals surface area contributed by atoms with Crippen LogP contribution in [0.25, 0.3) is 0 Å². The fourth-order valence-electron chi connectivity index (χ4n) is 1.65. The van der Waals surface area contributed by atoms with Crippen LogP contribution in [0, 0.1) is 0 Å². The fraction of sp³-hybridized carbons (Fsp3) is 0.385. The second kappa shape index (κ2) is 7.04. The number of benzene rings is 1. The molecule has 2 aromatic rings. The van der Waals surface area contributed by atoms with E-state index in [9.17, 15) is 4.79 Å². The van der Waals surface area contributed by atoms with Crippen LogP contribution in [0.5, 0.6) is 0 Å². The summed E-state index contributed by atoms with van der Waals surface area (Å²) in [5.74, 6) is 0.596. The molecule has 1 heterocycles. The Kier molecular flexibility index (Phi) is 5.11. The quantitative estimate of drug-likeness (QED) is 0.789. The molecule has 0 unspecified atom stereocenters. The van der Waals surface area contributed by atoms with Gasteiger partial charge in [-0.1, -0.05) is 13.3 Å². The molecule has 20 heavy (non-hydrogen) atoms. The van der Waals surface area contributed by atoms with Crippen molar-refractivity contribution < 1.29 is 9.90 Å². The molecule has 0 atom stereocenters. The molecule has 0 spiro atoms. The van der Waals surface area contributed by atoms with Gasteiger partial charge in [-0.25, -0.2) is 9.48 Å². The predicted octanol–water partition coefficient (Wildman–Crippen LogP) is 2.46. The molecule has 0 radical (unpaired) electrons. The van der Waals surface area contributed by atoms with Gasteiger partial charge in [0.05, 0.1) is 11.3 Å². The van der Waals surface area contributed by atoms with E-state index < -0.39 is 5.97 Å². The topological polar surface area (TPSA) is 80.9 Å². The van der Waals surface area contributed by atoms with E-state index in [1.54, 1.807) is 36.0 Å². The SMILES string of the molecule is CCCCn1nnnc1CSc1ccc(C(=O)O)cc1. The van der Waals surface area contributed by atoms with Crippen molar-refractivity contribution in [2.45, 2.75) is 37.0 Å². The van der Waals surface area contributed by atoms with Gasteiger partial charge in [-0.2, -0.15) is 0 Å². The molecule has 0 saturated heterocycles. The Morgan fingerprint density at radius 1 is 1.35 bits per heavy atom. The van der Waals surface area contributed by atoms with Gasteiger partial charge in [-0.3, -0.25) is 0 Å². The van der Waals surface area contributed by atoms with Gasteiger partial charge < -0.3 is 5.11 Å². The van der Waals surface area contributed by atoms with E-state index >= 15 is 0 Å². The van der Waals surface area contributed by atoms with Gasteiger partial charge in [-0.15, -0.1) is 16.9 Å². The third-order valence-electron chi connectivity index (χ3n) is 2.80. The molecule has 1 N–H and O–H groups in total. The summed E-state index contributed by atoms with van der Waals surface area (Å²) in [5, 5.41) is 20.5. The third-order valence-corrected chi connectivity index (χ3v) is 3.81. The molecule has 106 valence electrons. The van der Waals surface area contributed by atoms with Crippen molar-refractivity contribution in [3.05, 3.63) is 35.7 Å². The number of carbonyl (C=O) groups is 1. The molecular weight excluding hydrogens is 276 g/mol. The maximum Gasteiger partial charge on any atom is 0.335 e. The maximum absolute atomic E-state index is 10.8. The van der Waals surface area contributed by atoms with E-state index in [0.29, 0.717) is 11.3 Å². The first-order chi connectivity index (χ1) is 9.70. The van der Waals surface area contributed by atoms with Gasteiger partial charge in [0, 0.05) is 11.4 Å². The first-order valence-electron chi connectivity index (χ1n) is 6.42. The number of hydrogen-bond acceptors (Lipinski definition) is 5. The molecular formula is C13H16N4O2S. The fourth-order valence-corrected chi connectivity index (χ4v) is 2.48. The molecule has 0 aliphatic heterocycles. The first-order valence-corrected chi connectivity index (χ1v) is 7.40. The van der Waals surface area contributed by atoms with E-state index in [-0.39, 0.29) is 0 Å². The number of tetrazole rings is 1. The Balaban J connectivity index is 1.94. The highest BCUT2D eigenvalue weighted by Gasteiger charge is 2.07. The summed E-state index contributed by atoms with van der Waals surface area (Å²) in [6.07, 6.45) is 2.15. The minimum Gasteiger partial charge on any atom is -0.478 e. The van der Waals surface area contributed by atoms with Crippen molar-refractivity contribution in [1.82, 2.24) is 20.2 Å². The molecule has 1 aromatic heterocycles. The van der Waals surface area contributed by atoms with Gasteiger partial charge in [-0.05, 0) is 41.1 Å². The number of nitrogens with zero attached hydrogens (tertiary/aromatic N) is 4. The van der Waals surface area contributed by atoms with Gasteiger partial charge >= 0.3 is 5.97 Å². The normalized spacial score (nSPS) is 10.7. The Labute approximate surface area is 121 Å². The van der Waals surface area contributed by atoms with Crippen molar-refractivity contribution in [2.24, 2.45) is 0 Å². The highest BCUT2D eigenvalue weighted by Crippen LogP contribution is 2.22. The second-order valence-corrected chi connectivity index (χ2v) is 5.34. The van der Waals surface area contributed by atoms with Crippen molar-refractivity contribution >= 4 is 17.7 Å². The number of aromatic carboxylic acids is 1. The third kappa shape index (κ3) is 3.80. The van der Waals surface area contributed by atoms with Crippen molar-refractivity contribution in [3.8, 4) is 0 Å². The Bertz CT molecular complexity index is 568. The predicted molar refractivity (Wildman–Crippen MR) is 75.7 cm³/mol. The molecule has 0 bridgehead atoms. The van der Waals surface area contributed by atoms with Gasteiger partial charge in [0.2, 0.25) is 0 Å². The lowest BCUT2D eigenvalue weighted by Gasteiger charge is -2.04. The summed E-state index contributed by atoms with van der Waals surface area (Å²) in [5.41, 5.74) is 0.294. The van der Waals surface area contributed by atoms with Gasteiger partial charge in [0.15, 0.2) is 5.82 Å². The van der Waals surface area contributed by atoms with E-state index in [1.165, 1.54) is 0 Å². The Hall–Kier alpha value is -1.89. The zero-order valence-electron chi connectivity index (χ0n) is 11.2. The minimum absolute atomic E-state index is 0.294. The lowest BCUT2D eigenvalue weighted by atomic mass is 10.2. The molecule has 7 heteroatoms. The summed E-state index contributed by atoms with van der Waals surface area (Å²) in [7, 11) is 0. The number of hydrogen-bond donors (Lipinski definition) is 1. The van der Waals surface area contributed by atoms with Crippen LogP contribution in [0.2, 0.25) is 0 Å². The average molecular weight is 292 g/mol. The molecule has 0 saturated carbocycles. The van der Waals surface area contributed by atoms with Crippen LogP contribution in [-0.4, -0.2) is 31.3 Å². The number of aryl methyl sites for hydroxylation is 1. The monoisotopic (exact) mass is 292 g/mol. The zero-order chi connectivity index (χ0) is 14.4. The molecule has 2 rings (SSSR count). The lowest BCUT2D eigenvalue weighted by molar-refractivity contribution is 0.0697. The number of aromatic nitrogens is 4. The molecule has 0 fully saturated rings. The molecule has 1 aromatic carbocycles. The highest BCUT2D eigenvalue weighted by atomic mass is 32.2. The number of unbranched alkanes of at least 4 members (excludes halogenated alkanes) is 1. The van der Waals surface area contributed by atoms with E-state index in [4.69, 9.17) is 5.11 Å². The van der Waals surface area contributed by atoms with Crippen LogP contribution in [-0.2, 0) is 12.3 Å². The standard InChI is InChI=1S/C13H16N4O2S/c1-2-3-8-17-12(14-15-16-17)9-20-11-6-4-10(5-7-11)13(18)19/h4-7H,2-3,8-9H2,1H3,(H,18,19). The lowest BCUT2D eigenvalue weighted by Crippen LogP contribution is -2.04. The maximum atomic E-state index is 10.8. The number of rotatable bonds is 7. The molecule has 0 amide bonds. The smallest absolute Gasteiger partial charge is 0.335 e. The second-order valence-electron chi connectivity index (χ2n) is 4.29. The Morgan fingerprint density at radius 2 is 2.10 bits per heavy atom. The van der Waals surface area contributed by atoms with Gasteiger partial charge in [0.25, 0.3) is 0 Å². The minimum atomic E-state index is -0.912. The molecule has 6 nitrogen and oxygen atoms in total. The van der Waals surface area contributed by atoms with Crippen molar-refractivity contribution in [1.29, 1.82) is 0 Å². The van der Waals surface area contributed by atoms with Crippen LogP contribution >= 0.6 is 11.8 Å². The molecule has 0 aliphatic rings. The van der Waals surface area contributed by atoms with E-state index in [0.717, 1.165) is 30.1 Å². The van der Waals surface area contributed by atoms with Crippen LogP contribution in [0.15, 0.2) is 29.2 Å². The van der Waals surface area contributed by atoms with E-state index in [2.05, 4.69) is 22.4 Å².